The van der Waals surface area contributed by atoms with Crippen LogP contribution >= 0.6 is 0 Å². The van der Waals surface area contributed by atoms with Crippen LogP contribution in [0.5, 0.6) is 0 Å². The van der Waals surface area contributed by atoms with Gasteiger partial charge in [-0.2, -0.15) is 0 Å². The number of carbonyl (C=O) groups excluding carboxylic acids is 1. The molecule has 1 aliphatic rings. The van der Waals surface area contributed by atoms with Crippen molar-refractivity contribution in [2.75, 3.05) is 33.3 Å². The van der Waals surface area contributed by atoms with Crippen LogP contribution in [0, 0.1) is 0 Å². The van der Waals surface area contributed by atoms with Crippen molar-refractivity contribution >= 4 is 11.9 Å². The SMILES string of the molecule is CNC(=O)CCCN1CCOC(C(=O)O)C1. The smallest absolute Gasteiger partial charge is 0.334 e. The number of carboxylic acids is 1. The number of hydrogen-bond acceptors (Lipinski definition) is 4. The number of nitrogens with zero attached hydrogens (tertiary/aromatic N) is 1. The van der Waals surface area contributed by atoms with E-state index in [2.05, 4.69) is 5.32 Å². The highest BCUT2D eigenvalue weighted by atomic mass is 16.5. The number of carbonyl (C=O) groups is 2. The molecule has 0 aromatic heterocycles. The molecule has 1 fully saturated rings. The molecule has 1 saturated heterocycles. The largest absolute Gasteiger partial charge is 0.479 e. The molecular formula is C10H18N2O4. The molecular weight excluding hydrogens is 212 g/mol. The van der Waals surface area contributed by atoms with Gasteiger partial charge < -0.3 is 15.2 Å². The van der Waals surface area contributed by atoms with Crippen LogP contribution in [0.1, 0.15) is 12.8 Å². The van der Waals surface area contributed by atoms with Gasteiger partial charge in [-0.05, 0) is 13.0 Å². The van der Waals surface area contributed by atoms with E-state index in [-0.39, 0.29) is 5.91 Å². The highest BCUT2D eigenvalue weighted by Gasteiger charge is 2.25. The summed E-state index contributed by atoms with van der Waals surface area (Å²) in [5, 5.41) is 11.3. The third-order valence-electron chi connectivity index (χ3n) is 2.58. The van der Waals surface area contributed by atoms with Gasteiger partial charge >= 0.3 is 5.97 Å². The van der Waals surface area contributed by atoms with Crippen molar-refractivity contribution in [1.29, 1.82) is 0 Å². The van der Waals surface area contributed by atoms with E-state index >= 15 is 0 Å². The fraction of sp³-hybridized carbons (Fsp3) is 0.800. The van der Waals surface area contributed by atoms with E-state index < -0.39 is 12.1 Å². The number of amides is 1. The zero-order valence-electron chi connectivity index (χ0n) is 9.44. The standard InChI is InChI=1S/C10H18N2O4/c1-11-9(13)3-2-4-12-5-6-16-8(7-12)10(14)15/h8H,2-7H2,1H3,(H,11,13)(H,14,15). The van der Waals surface area contributed by atoms with Gasteiger partial charge in [-0.3, -0.25) is 9.69 Å². The topological polar surface area (TPSA) is 78.9 Å². The van der Waals surface area contributed by atoms with Gasteiger partial charge in [0.2, 0.25) is 5.91 Å². The molecule has 0 aliphatic carbocycles. The fourth-order valence-corrected chi connectivity index (χ4v) is 1.64. The Hall–Kier alpha value is -1.14. The molecule has 1 unspecified atom stereocenters. The Labute approximate surface area is 94.6 Å². The maximum atomic E-state index is 11.0. The molecule has 1 heterocycles. The molecule has 0 aromatic rings. The molecule has 92 valence electrons. The lowest BCUT2D eigenvalue weighted by Crippen LogP contribution is -2.46. The predicted octanol–water partition coefficient (Wildman–Crippen LogP) is -0.702. The van der Waals surface area contributed by atoms with Crippen molar-refractivity contribution in [2.24, 2.45) is 0 Å². The molecule has 0 aromatic carbocycles. The summed E-state index contributed by atoms with van der Waals surface area (Å²) in [4.78, 5) is 23.7. The van der Waals surface area contributed by atoms with Gasteiger partial charge in [0, 0.05) is 26.6 Å². The Kier molecular flexibility index (Phi) is 5.21. The van der Waals surface area contributed by atoms with Crippen LogP contribution in [0.3, 0.4) is 0 Å². The van der Waals surface area contributed by atoms with Gasteiger partial charge in [-0.25, -0.2) is 4.79 Å². The lowest BCUT2D eigenvalue weighted by atomic mass is 10.2. The second-order valence-electron chi connectivity index (χ2n) is 3.78. The molecule has 0 bridgehead atoms. The van der Waals surface area contributed by atoms with Crippen molar-refractivity contribution < 1.29 is 19.4 Å². The first kappa shape index (κ1) is 12.9. The molecule has 1 aliphatic heterocycles. The van der Waals surface area contributed by atoms with Crippen LogP contribution in [0.15, 0.2) is 0 Å². The van der Waals surface area contributed by atoms with Crippen LogP contribution in [-0.4, -0.2) is 61.3 Å². The lowest BCUT2D eigenvalue weighted by Gasteiger charge is -2.30. The molecule has 6 nitrogen and oxygen atoms in total. The number of hydrogen-bond donors (Lipinski definition) is 2. The Morgan fingerprint density at radius 3 is 2.94 bits per heavy atom. The van der Waals surface area contributed by atoms with E-state index in [1.54, 1.807) is 7.05 Å². The van der Waals surface area contributed by atoms with Crippen molar-refractivity contribution in [3.8, 4) is 0 Å². The first-order chi connectivity index (χ1) is 7.63. The van der Waals surface area contributed by atoms with E-state index in [4.69, 9.17) is 9.84 Å². The summed E-state index contributed by atoms with van der Waals surface area (Å²) in [6, 6.07) is 0. The summed E-state index contributed by atoms with van der Waals surface area (Å²) in [5.74, 6) is -0.904. The van der Waals surface area contributed by atoms with Crippen LogP contribution in [-0.2, 0) is 14.3 Å². The average molecular weight is 230 g/mol. The van der Waals surface area contributed by atoms with Gasteiger partial charge in [0.05, 0.1) is 6.61 Å². The number of rotatable bonds is 5. The number of aliphatic carboxylic acids is 1. The first-order valence-corrected chi connectivity index (χ1v) is 5.41. The zero-order chi connectivity index (χ0) is 12.0. The summed E-state index contributed by atoms with van der Waals surface area (Å²) in [7, 11) is 1.61. The number of ether oxygens (including phenoxy) is 1. The zero-order valence-corrected chi connectivity index (χ0v) is 9.44. The maximum absolute atomic E-state index is 11.0. The molecule has 1 rings (SSSR count). The number of carboxylic acid groups (broad SMARTS) is 1. The van der Waals surface area contributed by atoms with Crippen LogP contribution in [0.25, 0.3) is 0 Å². The molecule has 0 radical (unpaired) electrons. The molecule has 16 heavy (non-hydrogen) atoms. The first-order valence-electron chi connectivity index (χ1n) is 5.41. The van der Waals surface area contributed by atoms with Crippen LogP contribution in [0.2, 0.25) is 0 Å². The van der Waals surface area contributed by atoms with Gasteiger partial charge in [-0.15, -0.1) is 0 Å². The maximum Gasteiger partial charge on any atom is 0.334 e. The van der Waals surface area contributed by atoms with Crippen LogP contribution in [0.4, 0.5) is 0 Å². The van der Waals surface area contributed by atoms with Crippen LogP contribution < -0.4 is 5.32 Å². The number of nitrogens with one attached hydrogen (secondary N) is 1. The van der Waals surface area contributed by atoms with E-state index in [9.17, 15) is 9.59 Å². The van der Waals surface area contributed by atoms with Crippen molar-refractivity contribution in [2.45, 2.75) is 18.9 Å². The minimum Gasteiger partial charge on any atom is -0.479 e. The monoisotopic (exact) mass is 230 g/mol. The lowest BCUT2D eigenvalue weighted by molar-refractivity contribution is -0.156. The molecule has 6 heteroatoms. The summed E-state index contributed by atoms with van der Waals surface area (Å²) in [6.45, 7) is 2.32. The summed E-state index contributed by atoms with van der Waals surface area (Å²) >= 11 is 0. The van der Waals surface area contributed by atoms with E-state index in [1.807, 2.05) is 4.90 Å². The van der Waals surface area contributed by atoms with E-state index in [0.29, 0.717) is 19.6 Å². The Bertz CT molecular complexity index is 257. The highest BCUT2D eigenvalue weighted by Crippen LogP contribution is 2.06. The summed E-state index contributed by atoms with van der Waals surface area (Å²) < 4.78 is 5.10. The fourth-order valence-electron chi connectivity index (χ4n) is 1.64. The second-order valence-corrected chi connectivity index (χ2v) is 3.78. The third-order valence-corrected chi connectivity index (χ3v) is 2.58. The predicted molar refractivity (Wildman–Crippen MR) is 57.1 cm³/mol. The highest BCUT2D eigenvalue weighted by molar-refractivity contribution is 5.75. The van der Waals surface area contributed by atoms with Gasteiger partial charge in [0.15, 0.2) is 6.10 Å². The normalized spacial score (nSPS) is 21.7. The Morgan fingerprint density at radius 2 is 2.31 bits per heavy atom. The van der Waals surface area contributed by atoms with E-state index in [0.717, 1.165) is 19.5 Å². The quantitative estimate of drug-likeness (QED) is 0.653. The minimum absolute atomic E-state index is 0.0167. The molecule has 1 atom stereocenters. The van der Waals surface area contributed by atoms with E-state index in [1.165, 1.54) is 0 Å². The Morgan fingerprint density at radius 1 is 1.56 bits per heavy atom. The van der Waals surface area contributed by atoms with Gasteiger partial charge in [-0.1, -0.05) is 0 Å². The molecule has 0 spiro atoms. The van der Waals surface area contributed by atoms with Crippen molar-refractivity contribution in [3.05, 3.63) is 0 Å². The van der Waals surface area contributed by atoms with Crippen molar-refractivity contribution in [1.82, 2.24) is 10.2 Å². The molecule has 0 saturated carbocycles. The summed E-state index contributed by atoms with van der Waals surface area (Å²) in [6.07, 6.45) is 0.492. The minimum atomic E-state index is -0.920. The summed E-state index contributed by atoms with van der Waals surface area (Å²) in [5.41, 5.74) is 0. The second kappa shape index (κ2) is 6.44. The van der Waals surface area contributed by atoms with Gasteiger partial charge in [0.25, 0.3) is 0 Å². The van der Waals surface area contributed by atoms with Crippen molar-refractivity contribution in [3.63, 3.8) is 0 Å². The third kappa shape index (κ3) is 4.16. The van der Waals surface area contributed by atoms with Gasteiger partial charge in [0.1, 0.15) is 0 Å². The molecule has 2 N–H and O–H groups in total. The Balaban J connectivity index is 2.21. The number of morpholine rings is 1. The average Bonchev–Trinajstić information content (AvgIpc) is 2.29. The molecule has 1 amide bonds.